The predicted octanol–water partition coefficient (Wildman–Crippen LogP) is 5.57. The fourth-order valence-corrected chi connectivity index (χ4v) is 2.18. The first-order valence-electron chi connectivity index (χ1n) is 5.55. The van der Waals surface area contributed by atoms with Crippen LogP contribution >= 0.6 is 34.8 Å². The fraction of sp³-hybridized carbons (Fsp3) is 0. The summed E-state index contributed by atoms with van der Waals surface area (Å²) in [5.41, 5.74) is -0.456. The number of rotatable bonds is 2. The SMILES string of the molecule is O=C(Nc1cc(Cl)cc(Cl)c1Cl)Nc1c(F)cccc1F. The first kappa shape index (κ1) is 15.8. The van der Waals surface area contributed by atoms with Crippen LogP contribution in [0.2, 0.25) is 15.1 Å². The molecule has 2 N–H and O–H groups in total. The van der Waals surface area contributed by atoms with Crippen molar-refractivity contribution in [3.05, 3.63) is 57.0 Å². The molecule has 0 radical (unpaired) electrons. The first-order valence-corrected chi connectivity index (χ1v) is 6.68. The summed E-state index contributed by atoms with van der Waals surface area (Å²) in [5.74, 6) is -1.80. The second-order valence-electron chi connectivity index (χ2n) is 3.92. The van der Waals surface area contributed by atoms with Crippen molar-refractivity contribution in [2.24, 2.45) is 0 Å². The van der Waals surface area contributed by atoms with Crippen LogP contribution in [0.25, 0.3) is 0 Å². The van der Waals surface area contributed by atoms with Crippen molar-refractivity contribution >= 4 is 52.2 Å². The van der Waals surface area contributed by atoms with E-state index in [1.54, 1.807) is 0 Å². The van der Waals surface area contributed by atoms with Gasteiger partial charge in [0.05, 0.1) is 15.7 Å². The number of hydrogen-bond acceptors (Lipinski definition) is 1. The molecule has 0 bridgehead atoms. The molecule has 0 aliphatic heterocycles. The van der Waals surface area contributed by atoms with Crippen LogP contribution in [0.3, 0.4) is 0 Å². The monoisotopic (exact) mass is 350 g/mol. The summed E-state index contributed by atoms with van der Waals surface area (Å²) in [4.78, 5) is 11.8. The number of anilines is 2. The van der Waals surface area contributed by atoms with Gasteiger partial charge in [-0.3, -0.25) is 0 Å². The highest BCUT2D eigenvalue weighted by Gasteiger charge is 2.14. The Morgan fingerprint density at radius 1 is 1.00 bits per heavy atom. The molecule has 8 heteroatoms. The van der Waals surface area contributed by atoms with Crippen molar-refractivity contribution in [2.45, 2.75) is 0 Å². The Labute approximate surface area is 133 Å². The van der Waals surface area contributed by atoms with Gasteiger partial charge in [-0.1, -0.05) is 40.9 Å². The summed E-state index contributed by atoms with van der Waals surface area (Å²) in [6.45, 7) is 0. The third-order valence-corrected chi connectivity index (χ3v) is 3.46. The number of carbonyl (C=O) groups is 1. The first-order chi connectivity index (χ1) is 9.88. The smallest absolute Gasteiger partial charge is 0.306 e. The lowest BCUT2D eigenvalue weighted by molar-refractivity contribution is 0.262. The molecule has 0 saturated carbocycles. The molecule has 0 aliphatic rings. The van der Waals surface area contributed by atoms with E-state index >= 15 is 0 Å². The van der Waals surface area contributed by atoms with Crippen molar-refractivity contribution in [3.8, 4) is 0 Å². The van der Waals surface area contributed by atoms with Gasteiger partial charge in [-0.25, -0.2) is 13.6 Å². The Morgan fingerprint density at radius 3 is 2.24 bits per heavy atom. The van der Waals surface area contributed by atoms with Crippen LogP contribution in [-0.4, -0.2) is 6.03 Å². The normalized spacial score (nSPS) is 10.3. The van der Waals surface area contributed by atoms with Crippen molar-refractivity contribution in [2.75, 3.05) is 10.6 Å². The fourth-order valence-electron chi connectivity index (χ4n) is 1.53. The molecule has 0 atom stereocenters. The zero-order valence-corrected chi connectivity index (χ0v) is 12.5. The molecule has 110 valence electrons. The summed E-state index contributed by atoms with van der Waals surface area (Å²) in [6, 6.07) is 5.07. The number of hydrogen-bond donors (Lipinski definition) is 2. The van der Waals surface area contributed by atoms with E-state index in [-0.39, 0.29) is 20.8 Å². The van der Waals surface area contributed by atoms with E-state index in [0.29, 0.717) is 0 Å². The average molecular weight is 352 g/mol. The number of benzene rings is 2. The Bertz CT molecular complexity index is 690. The van der Waals surface area contributed by atoms with E-state index in [1.165, 1.54) is 18.2 Å². The molecular formula is C13H7Cl3F2N2O. The van der Waals surface area contributed by atoms with Crippen LogP contribution in [0.5, 0.6) is 0 Å². The Hall–Kier alpha value is -1.56. The zero-order valence-electron chi connectivity index (χ0n) is 10.2. The highest BCUT2D eigenvalue weighted by Crippen LogP contribution is 2.33. The average Bonchev–Trinajstić information content (AvgIpc) is 2.40. The minimum Gasteiger partial charge on any atom is -0.306 e. The molecule has 2 rings (SSSR count). The van der Waals surface area contributed by atoms with E-state index in [0.717, 1.165) is 12.1 Å². The van der Waals surface area contributed by atoms with Gasteiger partial charge in [0.25, 0.3) is 0 Å². The maximum absolute atomic E-state index is 13.4. The number of amides is 2. The van der Waals surface area contributed by atoms with Crippen LogP contribution in [0.4, 0.5) is 25.0 Å². The van der Waals surface area contributed by atoms with E-state index in [1.807, 2.05) is 5.32 Å². The maximum atomic E-state index is 13.4. The Kier molecular flexibility index (Phi) is 4.88. The van der Waals surface area contributed by atoms with Gasteiger partial charge >= 0.3 is 6.03 Å². The zero-order chi connectivity index (χ0) is 15.6. The third-order valence-electron chi connectivity index (χ3n) is 2.44. The molecule has 0 aliphatic carbocycles. The molecule has 21 heavy (non-hydrogen) atoms. The number of carbonyl (C=O) groups excluding carboxylic acids is 1. The van der Waals surface area contributed by atoms with Crippen molar-refractivity contribution < 1.29 is 13.6 Å². The van der Waals surface area contributed by atoms with E-state index in [2.05, 4.69) is 5.32 Å². The van der Waals surface area contributed by atoms with Crippen molar-refractivity contribution in [3.63, 3.8) is 0 Å². The van der Waals surface area contributed by atoms with Gasteiger partial charge in [-0.2, -0.15) is 0 Å². The standard InChI is InChI=1S/C13H7Cl3F2N2O/c14-6-4-7(15)11(16)10(5-6)19-13(21)20-12-8(17)2-1-3-9(12)18/h1-5H,(H2,19,20,21). The number of nitrogens with one attached hydrogen (secondary N) is 2. The van der Waals surface area contributed by atoms with Crippen molar-refractivity contribution in [1.82, 2.24) is 0 Å². The molecule has 0 unspecified atom stereocenters. The third kappa shape index (κ3) is 3.75. The Balaban J connectivity index is 2.20. The lowest BCUT2D eigenvalue weighted by Crippen LogP contribution is -2.21. The summed E-state index contributed by atoms with van der Waals surface area (Å²) < 4.78 is 26.8. The summed E-state index contributed by atoms with van der Waals surface area (Å²) in [6.07, 6.45) is 0. The van der Waals surface area contributed by atoms with Gasteiger partial charge in [0.1, 0.15) is 17.3 Å². The molecular weight excluding hydrogens is 345 g/mol. The molecule has 0 spiro atoms. The van der Waals surface area contributed by atoms with Crippen LogP contribution < -0.4 is 10.6 Å². The van der Waals surface area contributed by atoms with Crippen molar-refractivity contribution in [1.29, 1.82) is 0 Å². The molecule has 0 heterocycles. The molecule has 0 saturated heterocycles. The van der Waals surface area contributed by atoms with Gasteiger partial charge in [-0.15, -0.1) is 0 Å². The largest absolute Gasteiger partial charge is 0.323 e. The van der Waals surface area contributed by atoms with Gasteiger partial charge in [0.15, 0.2) is 0 Å². The van der Waals surface area contributed by atoms with Gasteiger partial charge in [0.2, 0.25) is 0 Å². The number of para-hydroxylation sites is 1. The van der Waals surface area contributed by atoms with Crippen LogP contribution in [-0.2, 0) is 0 Å². The van der Waals surface area contributed by atoms with E-state index in [9.17, 15) is 13.6 Å². The highest BCUT2D eigenvalue weighted by molar-refractivity contribution is 6.45. The maximum Gasteiger partial charge on any atom is 0.323 e. The summed E-state index contributed by atoms with van der Waals surface area (Å²) in [7, 11) is 0. The molecule has 2 amide bonds. The quantitative estimate of drug-likeness (QED) is 0.682. The lowest BCUT2D eigenvalue weighted by Gasteiger charge is -2.11. The second kappa shape index (κ2) is 6.47. The molecule has 0 fully saturated rings. The molecule has 2 aromatic rings. The predicted molar refractivity (Wildman–Crippen MR) is 80.5 cm³/mol. The van der Waals surface area contributed by atoms with Crippen LogP contribution in [0.1, 0.15) is 0 Å². The summed E-state index contributed by atoms with van der Waals surface area (Å²) in [5, 5.41) is 4.80. The van der Waals surface area contributed by atoms with Gasteiger partial charge < -0.3 is 10.6 Å². The summed E-state index contributed by atoms with van der Waals surface area (Å²) >= 11 is 17.5. The van der Waals surface area contributed by atoms with E-state index < -0.39 is 23.4 Å². The van der Waals surface area contributed by atoms with Gasteiger partial charge in [-0.05, 0) is 24.3 Å². The Morgan fingerprint density at radius 2 is 1.62 bits per heavy atom. The second-order valence-corrected chi connectivity index (χ2v) is 5.15. The lowest BCUT2D eigenvalue weighted by atomic mass is 10.3. The molecule has 3 nitrogen and oxygen atoms in total. The van der Waals surface area contributed by atoms with Crippen LogP contribution in [0, 0.1) is 11.6 Å². The number of halogens is 5. The van der Waals surface area contributed by atoms with Gasteiger partial charge in [0, 0.05) is 5.02 Å². The number of urea groups is 1. The topological polar surface area (TPSA) is 41.1 Å². The minimum absolute atomic E-state index is 0.0604. The van der Waals surface area contributed by atoms with Crippen LogP contribution in [0.15, 0.2) is 30.3 Å². The van der Waals surface area contributed by atoms with E-state index in [4.69, 9.17) is 34.8 Å². The highest BCUT2D eigenvalue weighted by atomic mass is 35.5. The minimum atomic E-state index is -0.902. The molecule has 0 aromatic heterocycles. The molecule has 2 aromatic carbocycles.